The molecule has 5 nitrogen and oxygen atoms in total. The summed E-state index contributed by atoms with van der Waals surface area (Å²) in [4.78, 5) is 14.4. The second-order valence-electron chi connectivity index (χ2n) is 6.85. The van der Waals surface area contributed by atoms with Gasteiger partial charge in [0.1, 0.15) is 17.3 Å². The van der Waals surface area contributed by atoms with Gasteiger partial charge in [0.15, 0.2) is 9.84 Å². The average molecular weight is 341 g/mol. The first kappa shape index (κ1) is 18.0. The Morgan fingerprint density at radius 1 is 1.30 bits per heavy atom. The van der Waals surface area contributed by atoms with E-state index in [1.165, 1.54) is 0 Å². The number of rotatable bonds is 5. The van der Waals surface area contributed by atoms with Gasteiger partial charge in [0.05, 0.1) is 11.8 Å². The van der Waals surface area contributed by atoms with Gasteiger partial charge < -0.3 is 9.32 Å². The average Bonchev–Trinajstić information content (AvgIpc) is 2.71. The lowest BCUT2D eigenvalue weighted by Gasteiger charge is -2.28. The molecule has 1 aliphatic rings. The molecule has 2 heterocycles. The largest absolute Gasteiger partial charge is 0.464 e. The van der Waals surface area contributed by atoms with Gasteiger partial charge in [-0.25, -0.2) is 8.42 Å². The molecule has 0 spiro atoms. The highest BCUT2D eigenvalue weighted by Gasteiger charge is 2.31. The molecule has 130 valence electrons. The summed E-state index contributed by atoms with van der Waals surface area (Å²) in [6.45, 7) is 6.17. The van der Waals surface area contributed by atoms with Crippen molar-refractivity contribution >= 4 is 15.7 Å². The van der Waals surface area contributed by atoms with Crippen LogP contribution < -0.4 is 0 Å². The van der Waals surface area contributed by atoms with Crippen LogP contribution in [0.1, 0.15) is 57.1 Å². The molecule has 2 rings (SSSR count). The number of amides is 1. The summed E-state index contributed by atoms with van der Waals surface area (Å²) in [5, 5.41) is 0. The number of carbonyl (C=O) groups excluding carboxylic acids is 1. The zero-order valence-electron chi connectivity index (χ0n) is 14.2. The molecule has 1 aromatic rings. The quantitative estimate of drug-likeness (QED) is 0.825. The highest BCUT2D eigenvalue weighted by molar-refractivity contribution is 7.92. The van der Waals surface area contributed by atoms with Crippen molar-refractivity contribution in [2.45, 2.75) is 52.5 Å². The molecule has 0 radical (unpaired) electrons. The highest BCUT2D eigenvalue weighted by atomic mass is 32.2. The van der Waals surface area contributed by atoms with E-state index < -0.39 is 15.6 Å². The second kappa shape index (κ2) is 7.51. The summed E-state index contributed by atoms with van der Waals surface area (Å²) in [6.07, 6.45) is 3.81. The van der Waals surface area contributed by atoms with E-state index in [0.717, 1.165) is 37.2 Å². The van der Waals surface area contributed by atoms with Gasteiger partial charge >= 0.3 is 0 Å². The Hall–Kier alpha value is -1.30. The van der Waals surface area contributed by atoms with Crippen molar-refractivity contribution in [1.29, 1.82) is 0 Å². The van der Waals surface area contributed by atoms with Crippen molar-refractivity contribution in [3.8, 4) is 0 Å². The maximum atomic E-state index is 12.6. The lowest BCUT2D eigenvalue weighted by atomic mass is 10.1. The molecule has 1 aliphatic heterocycles. The van der Waals surface area contributed by atoms with Gasteiger partial charge in [0, 0.05) is 6.54 Å². The summed E-state index contributed by atoms with van der Waals surface area (Å²) in [5.41, 5.74) is 0. The monoisotopic (exact) mass is 341 g/mol. The number of hydrogen-bond acceptors (Lipinski definition) is 4. The number of furan rings is 1. The molecular formula is C17H27NO4S. The van der Waals surface area contributed by atoms with E-state index in [0.29, 0.717) is 6.54 Å². The number of nitrogens with zero attached hydrogens (tertiary/aromatic N) is 1. The van der Waals surface area contributed by atoms with Gasteiger partial charge in [-0.1, -0.05) is 26.7 Å². The van der Waals surface area contributed by atoms with Gasteiger partial charge in [-0.3, -0.25) is 4.79 Å². The van der Waals surface area contributed by atoms with E-state index in [9.17, 15) is 13.2 Å². The molecule has 0 bridgehead atoms. The standard InChI is InChI=1S/C17H27NO4S/c1-13(2)11-23(20,21)12-17(19)18-10-6-4-5-7-15(18)16-9-8-14(3)22-16/h8-9,13,15H,4-7,10-12H2,1-3H3. The van der Waals surface area contributed by atoms with Gasteiger partial charge in [-0.15, -0.1) is 0 Å². The van der Waals surface area contributed by atoms with E-state index in [1.807, 2.05) is 32.9 Å². The Morgan fingerprint density at radius 2 is 2.04 bits per heavy atom. The van der Waals surface area contributed by atoms with Crippen molar-refractivity contribution in [2.75, 3.05) is 18.1 Å². The minimum atomic E-state index is -3.36. The van der Waals surface area contributed by atoms with Crippen molar-refractivity contribution in [3.05, 3.63) is 23.7 Å². The van der Waals surface area contributed by atoms with Crippen LogP contribution >= 0.6 is 0 Å². The predicted molar refractivity (Wildman–Crippen MR) is 89.9 cm³/mol. The Morgan fingerprint density at radius 3 is 2.65 bits per heavy atom. The van der Waals surface area contributed by atoms with Crippen LogP contribution in [0.15, 0.2) is 16.5 Å². The minimum Gasteiger partial charge on any atom is -0.464 e. The first-order valence-corrected chi connectivity index (χ1v) is 10.2. The van der Waals surface area contributed by atoms with Crippen molar-refractivity contribution < 1.29 is 17.6 Å². The SMILES string of the molecule is Cc1ccc(C2CCCCCN2C(=O)CS(=O)(=O)CC(C)C)o1. The lowest BCUT2D eigenvalue weighted by Crippen LogP contribution is -2.39. The van der Waals surface area contributed by atoms with Gasteiger partial charge in [-0.05, 0) is 37.8 Å². The van der Waals surface area contributed by atoms with E-state index in [-0.39, 0.29) is 23.6 Å². The number of carbonyl (C=O) groups is 1. The molecule has 1 aromatic heterocycles. The summed E-state index contributed by atoms with van der Waals surface area (Å²) >= 11 is 0. The second-order valence-corrected chi connectivity index (χ2v) is 8.96. The summed E-state index contributed by atoms with van der Waals surface area (Å²) in [7, 11) is -3.36. The number of likely N-dealkylation sites (tertiary alicyclic amines) is 1. The molecule has 1 fully saturated rings. The maximum Gasteiger partial charge on any atom is 0.238 e. The number of sulfone groups is 1. The topological polar surface area (TPSA) is 67.6 Å². The fourth-order valence-corrected chi connectivity index (χ4v) is 4.85. The van der Waals surface area contributed by atoms with Crippen LogP contribution in [0, 0.1) is 12.8 Å². The van der Waals surface area contributed by atoms with Gasteiger partial charge in [0.2, 0.25) is 5.91 Å². The highest BCUT2D eigenvalue weighted by Crippen LogP contribution is 2.31. The van der Waals surface area contributed by atoms with E-state index in [2.05, 4.69) is 0 Å². The third-order valence-electron chi connectivity index (χ3n) is 4.09. The first-order valence-electron chi connectivity index (χ1n) is 8.35. The summed E-state index contributed by atoms with van der Waals surface area (Å²) in [5.74, 6) is 0.952. The van der Waals surface area contributed by atoms with Crippen molar-refractivity contribution in [1.82, 2.24) is 4.90 Å². The van der Waals surface area contributed by atoms with Crippen LogP contribution in [-0.4, -0.2) is 37.3 Å². The van der Waals surface area contributed by atoms with Crippen LogP contribution in [0.5, 0.6) is 0 Å². The molecule has 0 aliphatic carbocycles. The zero-order chi connectivity index (χ0) is 17.0. The Balaban J connectivity index is 2.17. The predicted octanol–water partition coefficient (Wildman–Crippen LogP) is 3.10. The molecule has 0 aromatic carbocycles. The number of aryl methyl sites for hydroxylation is 1. The Kier molecular flexibility index (Phi) is 5.89. The molecule has 0 N–H and O–H groups in total. The Bertz CT molecular complexity index is 633. The van der Waals surface area contributed by atoms with Crippen molar-refractivity contribution in [3.63, 3.8) is 0 Å². The molecule has 1 saturated heterocycles. The van der Waals surface area contributed by atoms with Gasteiger partial charge in [-0.2, -0.15) is 0 Å². The fraction of sp³-hybridized carbons (Fsp3) is 0.706. The molecular weight excluding hydrogens is 314 g/mol. The maximum absolute atomic E-state index is 12.6. The van der Waals surface area contributed by atoms with E-state index in [1.54, 1.807) is 4.90 Å². The molecule has 1 atom stereocenters. The zero-order valence-corrected chi connectivity index (χ0v) is 15.1. The third kappa shape index (κ3) is 5.09. The van der Waals surface area contributed by atoms with Crippen LogP contribution in [0.2, 0.25) is 0 Å². The molecule has 23 heavy (non-hydrogen) atoms. The lowest BCUT2D eigenvalue weighted by molar-refractivity contribution is -0.131. The summed E-state index contributed by atoms with van der Waals surface area (Å²) < 4.78 is 30.0. The molecule has 1 unspecified atom stereocenters. The van der Waals surface area contributed by atoms with Crippen molar-refractivity contribution in [2.24, 2.45) is 5.92 Å². The summed E-state index contributed by atoms with van der Waals surface area (Å²) in [6, 6.07) is 3.64. The Labute approximate surface area is 139 Å². The minimum absolute atomic E-state index is 0.0282. The normalized spacial score (nSPS) is 19.8. The molecule has 6 heteroatoms. The third-order valence-corrected chi connectivity index (χ3v) is 5.95. The fourth-order valence-electron chi connectivity index (χ4n) is 3.17. The van der Waals surface area contributed by atoms with Gasteiger partial charge in [0.25, 0.3) is 0 Å². The molecule has 0 saturated carbocycles. The van der Waals surface area contributed by atoms with E-state index in [4.69, 9.17) is 4.42 Å². The van der Waals surface area contributed by atoms with Crippen LogP contribution in [0.3, 0.4) is 0 Å². The first-order chi connectivity index (χ1) is 10.8. The van der Waals surface area contributed by atoms with E-state index >= 15 is 0 Å². The smallest absolute Gasteiger partial charge is 0.238 e. The molecule has 1 amide bonds. The van der Waals surface area contributed by atoms with Crippen LogP contribution in [-0.2, 0) is 14.6 Å². The van der Waals surface area contributed by atoms with Crippen LogP contribution in [0.4, 0.5) is 0 Å². The number of hydrogen-bond donors (Lipinski definition) is 0. The van der Waals surface area contributed by atoms with Crippen LogP contribution in [0.25, 0.3) is 0 Å².